The summed E-state index contributed by atoms with van der Waals surface area (Å²) in [6.07, 6.45) is 0. The van der Waals surface area contributed by atoms with Crippen LogP contribution in [0.15, 0.2) is 12.1 Å². The Balaban J connectivity index is 2.32. The molecule has 0 radical (unpaired) electrons. The van der Waals surface area contributed by atoms with Crippen LogP contribution in [0, 0.1) is 0 Å². The summed E-state index contributed by atoms with van der Waals surface area (Å²) in [5.74, 6) is -0.0412. The van der Waals surface area contributed by atoms with Crippen LogP contribution in [-0.4, -0.2) is 53.1 Å². The van der Waals surface area contributed by atoms with Gasteiger partial charge in [-0.05, 0) is 12.1 Å². The van der Waals surface area contributed by atoms with Gasteiger partial charge in [0.25, 0.3) is 5.91 Å². The second kappa shape index (κ2) is 6.77. The van der Waals surface area contributed by atoms with Crippen molar-refractivity contribution in [1.29, 1.82) is 0 Å². The van der Waals surface area contributed by atoms with E-state index in [1.54, 1.807) is 0 Å². The number of hydrogen-bond donors (Lipinski definition) is 1. The van der Waals surface area contributed by atoms with E-state index in [4.69, 9.17) is 27.9 Å². The number of benzene rings is 1. The molecule has 8 heteroatoms. The number of hydrogen-bond acceptors (Lipinski definition) is 4. The molecular formula is C13H13Cl2NO4S. The molecule has 0 saturated carbocycles. The number of methoxy groups -OCH3 is 1. The van der Waals surface area contributed by atoms with Gasteiger partial charge in [0, 0.05) is 23.6 Å². The third kappa shape index (κ3) is 3.39. The van der Waals surface area contributed by atoms with Crippen LogP contribution in [0.4, 0.5) is 0 Å². The second-order valence-corrected chi connectivity index (χ2v) is 6.36. The van der Waals surface area contributed by atoms with Crippen molar-refractivity contribution in [1.82, 2.24) is 4.90 Å². The van der Waals surface area contributed by atoms with Crippen LogP contribution in [0.1, 0.15) is 10.4 Å². The number of amides is 1. The van der Waals surface area contributed by atoms with Crippen molar-refractivity contribution in [2.75, 3.05) is 25.2 Å². The first-order valence-electron chi connectivity index (χ1n) is 6.10. The zero-order valence-electron chi connectivity index (χ0n) is 11.1. The quantitative estimate of drug-likeness (QED) is 0.908. The first-order valence-corrected chi connectivity index (χ1v) is 8.01. The minimum absolute atomic E-state index is 0.214. The van der Waals surface area contributed by atoms with Gasteiger partial charge in [-0.3, -0.25) is 4.79 Å². The summed E-state index contributed by atoms with van der Waals surface area (Å²) < 4.78 is 5.03. The fourth-order valence-corrected chi connectivity index (χ4v) is 3.78. The highest BCUT2D eigenvalue weighted by Crippen LogP contribution is 2.34. The Morgan fingerprint density at radius 3 is 2.52 bits per heavy atom. The molecule has 1 amide bonds. The highest BCUT2D eigenvalue weighted by atomic mass is 35.5. The second-order valence-electron chi connectivity index (χ2n) is 4.40. The molecule has 1 atom stereocenters. The van der Waals surface area contributed by atoms with Crippen molar-refractivity contribution in [3.05, 3.63) is 27.7 Å². The van der Waals surface area contributed by atoms with Gasteiger partial charge in [0.15, 0.2) is 5.75 Å². The van der Waals surface area contributed by atoms with Crippen LogP contribution in [0.25, 0.3) is 0 Å². The normalized spacial score (nSPS) is 18.4. The smallest absolute Gasteiger partial charge is 0.327 e. The first kappa shape index (κ1) is 16.3. The molecule has 1 aliphatic rings. The van der Waals surface area contributed by atoms with Gasteiger partial charge in [-0.2, -0.15) is 11.8 Å². The maximum absolute atomic E-state index is 12.5. The lowest BCUT2D eigenvalue weighted by Gasteiger charge is -2.32. The number of ether oxygens (including phenoxy) is 1. The van der Waals surface area contributed by atoms with E-state index in [2.05, 4.69) is 0 Å². The first-order chi connectivity index (χ1) is 9.95. The molecule has 21 heavy (non-hydrogen) atoms. The topological polar surface area (TPSA) is 66.8 Å². The van der Waals surface area contributed by atoms with Crippen LogP contribution in [0.5, 0.6) is 5.75 Å². The maximum Gasteiger partial charge on any atom is 0.327 e. The van der Waals surface area contributed by atoms with Gasteiger partial charge in [0.05, 0.1) is 17.2 Å². The zero-order chi connectivity index (χ0) is 15.6. The standard InChI is InChI=1S/C13H13Cl2NO4S/c1-20-11-8(14)4-7(5-9(11)15)12(17)16-2-3-21-6-10(16)13(18)19/h4-5,10H,2-3,6H2,1H3,(H,18,19). The monoisotopic (exact) mass is 349 g/mol. The fourth-order valence-electron chi connectivity index (χ4n) is 2.10. The predicted molar refractivity (Wildman–Crippen MR) is 82.8 cm³/mol. The minimum atomic E-state index is -1.01. The Bertz CT molecular complexity index is 558. The van der Waals surface area contributed by atoms with Gasteiger partial charge in [0.2, 0.25) is 0 Å². The molecule has 1 N–H and O–H groups in total. The van der Waals surface area contributed by atoms with Crippen LogP contribution >= 0.6 is 35.0 Å². The van der Waals surface area contributed by atoms with Crippen molar-refractivity contribution >= 4 is 46.8 Å². The summed E-state index contributed by atoms with van der Waals surface area (Å²) in [4.78, 5) is 25.1. The summed E-state index contributed by atoms with van der Waals surface area (Å²) in [5, 5.41) is 9.65. The molecule has 1 aliphatic heterocycles. The third-order valence-corrected chi connectivity index (χ3v) is 4.71. The number of carbonyl (C=O) groups is 2. The van der Waals surface area contributed by atoms with E-state index < -0.39 is 17.9 Å². The molecule has 0 aliphatic carbocycles. The van der Waals surface area contributed by atoms with Gasteiger partial charge in [-0.25, -0.2) is 4.79 Å². The molecule has 5 nitrogen and oxygen atoms in total. The SMILES string of the molecule is COc1c(Cl)cc(C(=O)N2CCSCC2C(=O)O)cc1Cl. The molecule has 1 heterocycles. The van der Waals surface area contributed by atoms with Gasteiger partial charge in [-0.1, -0.05) is 23.2 Å². The number of halogens is 2. The van der Waals surface area contributed by atoms with E-state index in [-0.39, 0.29) is 15.6 Å². The van der Waals surface area contributed by atoms with Crippen LogP contribution in [0.2, 0.25) is 10.0 Å². The number of nitrogens with zero attached hydrogens (tertiary/aromatic N) is 1. The molecule has 0 aromatic heterocycles. The van der Waals surface area contributed by atoms with E-state index in [1.165, 1.54) is 35.9 Å². The fraction of sp³-hybridized carbons (Fsp3) is 0.385. The highest BCUT2D eigenvalue weighted by Gasteiger charge is 2.33. The number of thioether (sulfide) groups is 1. The highest BCUT2D eigenvalue weighted by molar-refractivity contribution is 7.99. The van der Waals surface area contributed by atoms with Crippen LogP contribution in [-0.2, 0) is 4.79 Å². The minimum Gasteiger partial charge on any atom is -0.494 e. The summed E-state index contributed by atoms with van der Waals surface area (Å²) in [7, 11) is 1.43. The number of carboxylic acids is 1. The molecule has 1 unspecified atom stereocenters. The Kier molecular flexibility index (Phi) is 5.24. The van der Waals surface area contributed by atoms with E-state index in [9.17, 15) is 14.7 Å². The summed E-state index contributed by atoms with van der Waals surface area (Å²) in [6.45, 7) is 0.377. The van der Waals surface area contributed by atoms with Gasteiger partial charge in [0.1, 0.15) is 6.04 Å². The van der Waals surface area contributed by atoms with Crippen LogP contribution < -0.4 is 4.74 Å². The van der Waals surface area contributed by atoms with E-state index in [0.29, 0.717) is 23.8 Å². The van der Waals surface area contributed by atoms with Crippen molar-refractivity contribution in [3.8, 4) is 5.75 Å². The molecule has 0 spiro atoms. The number of rotatable bonds is 3. The maximum atomic E-state index is 12.5. The number of carboxylic acid groups (broad SMARTS) is 1. The lowest BCUT2D eigenvalue weighted by atomic mass is 10.1. The Labute approximate surface area is 136 Å². The number of aliphatic carboxylic acids is 1. The predicted octanol–water partition coefficient (Wildman–Crippen LogP) is 2.64. The Hall–Kier alpha value is -1.11. The van der Waals surface area contributed by atoms with E-state index in [1.807, 2.05) is 0 Å². The molecule has 1 aromatic rings. The molecule has 1 saturated heterocycles. The van der Waals surface area contributed by atoms with E-state index in [0.717, 1.165) is 0 Å². The average Bonchev–Trinajstić information content (AvgIpc) is 2.46. The average molecular weight is 350 g/mol. The van der Waals surface area contributed by atoms with Crippen molar-refractivity contribution in [2.24, 2.45) is 0 Å². The van der Waals surface area contributed by atoms with Crippen molar-refractivity contribution in [3.63, 3.8) is 0 Å². The van der Waals surface area contributed by atoms with E-state index >= 15 is 0 Å². The molecule has 114 valence electrons. The molecular weight excluding hydrogens is 337 g/mol. The lowest BCUT2D eigenvalue weighted by Crippen LogP contribution is -2.50. The van der Waals surface area contributed by atoms with Crippen LogP contribution in [0.3, 0.4) is 0 Å². The van der Waals surface area contributed by atoms with Gasteiger partial charge in [-0.15, -0.1) is 0 Å². The van der Waals surface area contributed by atoms with Gasteiger partial charge >= 0.3 is 5.97 Å². The largest absolute Gasteiger partial charge is 0.494 e. The number of carbonyl (C=O) groups excluding carboxylic acids is 1. The zero-order valence-corrected chi connectivity index (χ0v) is 13.5. The summed E-state index contributed by atoms with van der Waals surface area (Å²) >= 11 is 13.5. The summed E-state index contributed by atoms with van der Waals surface area (Å²) in [5.41, 5.74) is 0.254. The van der Waals surface area contributed by atoms with Crippen molar-refractivity contribution < 1.29 is 19.4 Å². The third-order valence-electron chi connectivity index (χ3n) is 3.12. The van der Waals surface area contributed by atoms with Gasteiger partial charge < -0.3 is 14.7 Å². The molecule has 1 aromatic carbocycles. The van der Waals surface area contributed by atoms with Crippen molar-refractivity contribution in [2.45, 2.75) is 6.04 Å². The molecule has 2 rings (SSSR count). The summed E-state index contributed by atoms with van der Waals surface area (Å²) in [6, 6.07) is 2.04. The Morgan fingerprint density at radius 2 is 2.00 bits per heavy atom. The molecule has 0 bridgehead atoms. The Morgan fingerprint density at radius 1 is 1.38 bits per heavy atom. The lowest BCUT2D eigenvalue weighted by molar-refractivity contribution is -0.141. The molecule has 1 fully saturated rings.